The number of halogens is 2. The molecule has 0 fully saturated rings. The lowest BCUT2D eigenvalue weighted by molar-refractivity contribution is 0.509. The molecule has 1 heterocycles. The van der Waals surface area contributed by atoms with Crippen LogP contribution in [0.5, 0.6) is 0 Å². The zero-order chi connectivity index (χ0) is 13.3. The maximum Gasteiger partial charge on any atom is 0.159 e. The maximum absolute atomic E-state index is 13.2. The average Bonchev–Trinajstić information content (AvgIpc) is 2.83. The van der Waals surface area contributed by atoms with E-state index in [9.17, 15) is 8.78 Å². The summed E-state index contributed by atoms with van der Waals surface area (Å²) in [7, 11) is 0. The van der Waals surface area contributed by atoms with Crippen molar-refractivity contribution in [3.8, 4) is 10.6 Å². The minimum Gasteiger partial charge on any atom is -0.330 e. The van der Waals surface area contributed by atoms with Crippen LogP contribution in [0.15, 0.2) is 23.6 Å². The van der Waals surface area contributed by atoms with Gasteiger partial charge in [0.15, 0.2) is 11.6 Å². The molecule has 0 amide bonds. The van der Waals surface area contributed by atoms with E-state index in [-0.39, 0.29) is 5.41 Å². The molecule has 0 spiro atoms. The van der Waals surface area contributed by atoms with Gasteiger partial charge in [0.25, 0.3) is 0 Å². The zero-order valence-electron chi connectivity index (χ0n) is 10.2. The Morgan fingerprint density at radius 3 is 2.61 bits per heavy atom. The van der Waals surface area contributed by atoms with E-state index in [1.165, 1.54) is 17.4 Å². The molecule has 5 heteroatoms. The number of hydrogen-bond acceptors (Lipinski definition) is 3. The number of hydrogen-bond donors (Lipinski definition) is 1. The lowest BCUT2D eigenvalue weighted by Gasteiger charge is -2.19. The number of rotatable bonds is 3. The Morgan fingerprint density at radius 2 is 2.00 bits per heavy atom. The van der Waals surface area contributed by atoms with Crippen LogP contribution in [0.2, 0.25) is 0 Å². The van der Waals surface area contributed by atoms with Gasteiger partial charge in [0, 0.05) is 22.9 Å². The normalized spacial score (nSPS) is 11.8. The second-order valence-corrected chi connectivity index (χ2v) is 5.61. The first-order valence-electron chi connectivity index (χ1n) is 5.55. The van der Waals surface area contributed by atoms with E-state index in [0.29, 0.717) is 17.1 Å². The number of nitrogens with zero attached hydrogens (tertiary/aromatic N) is 1. The summed E-state index contributed by atoms with van der Waals surface area (Å²) >= 11 is 1.40. The molecule has 0 aliphatic heterocycles. The first kappa shape index (κ1) is 13.1. The number of benzene rings is 1. The van der Waals surface area contributed by atoms with Crippen molar-refractivity contribution in [2.24, 2.45) is 5.73 Å². The molecule has 0 aliphatic carbocycles. The van der Waals surface area contributed by atoms with Crippen molar-refractivity contribution < 1.29 is 8.78 Å². The predicted octanol–water partition coefficient (Wildman–Crippen LogP) is 3.32. The average molecular weight is 268 g/mol. The van der Waals surface area contributed by atoms with Gasteiger partial charge in [-0.25, -0.2) is 13.8 Å². The predicted molar refractivity (Wildman–Crippen MR) is 69.5 cm³/mol. The van der Waals surface area contributed by atoms with E-state index in [4.69, 9.17) is 5.73 Å². The monoisotopic (exact) mass is 268 g/mol. The van der Waals surface area contributed by atoms with E-state index in [1.54, 1.807) is 0 Å². The third-order valence-electron chi connectivity index (χ3n) is 2.87. The van der Waals surface area contributed by atoms with Crippen molar-refractivity contribution in [2.45, 2.75) is 19.3 Å². The van der Waals surface area contributed by atoms with Crippen LogP contribution in [0.4, 0.5) is 8.78 Å². The summed E-state index contributed by atoms with van der Waals surface area (Å²) in [4.78, 5) is 4.44. The van der Waals surface area contributed by atoms with Gasteiger partial charge in [0.1, 0.15) is 5.01 Å². The molecule has 2 rings (SSSR count). The van der Waals surface area contributed by atoms with Crippen LogP contribution in [0, 0.1) is 11.6 Å². The van der Waals surface area contributed by atoms with Crippen molar-refractivity contribution in [1.82, 2.24) is 4.98 Å². The zero-order valence-corrected chi connectivity index (χ0v) is 11.0. The molecule has 18 heavy (non-hydrogen) atoms. The third kappa shape index (κ3) is 2.42. The summed E-state index contributed by atoms with van der Waals surface area (Å²) in [5.74, 6) is -1.71. The van der Waals surface area contributed by atoms with Gasteiger partial charge in [-0.1, -0.05) is 13.8 Å². The summed E-state index contributed by atoms with van der Waals surface area (Å²) < 4.78 is 26.0. The van der Waals surface area contributed by atoms with Crippen molar-refractivity contribution in [1.29, 1.82) is 0 Å². The molecule has 0 bridgehead atoms. The fraction of sp³-hybridized carbons (Fsp3) is 0.308. The van der Waals surface area contributed by atoms with Crippen LogP contribution in [-0.4, -0.2) is 11.5 Å². The highest BCUT2D eigenvalue weighted by Gasteiger charge is 2.22. The third-order valence-corrected chi connectivity index (χ3v) is 3.77. The Morgan fingerprint density at radius 1 is 1.28 bits per heavy atom. The van der Waals surface area contributed by atoms with E-state index in [1.807, 2.05) is 19.2 Å². The van der Waals surface area contributed by atoms with Gasteiger partial charge in [-0.3, -0.25) is 0 Å². The van der Waals surface area contributed by atoms with Crippen molar-refractivity contribution >= 4 is 11.3 Å². The molecule has 2 N–H and O–H groups in total. The SMILES string of the molecule is CC(C)(CN)c1csc(-c2ccc(F)c(F)c2)n1. The lowest BCUT2D eigenvalue weighted by Crippen LogP contribution is -2.28. The second-order valence-electron chi connectivity index (χ2n) is 4.75. The highest BCUT2D eigenvalue weighted by Crippen LogP contribution is 2.30. The molecular weight excluding hydrogens is 254 g/mol. The molecule has 2 nitrogen and oxygen atoms in total. The summed E-state index contributed by atoms with van der Waals surface area (Å²) in [6, 6.07) is 3.80. The molecule has 0 saturated carbocycles. The number of nitrogens with two attached hydrogens (primary N) is 1. The van der Waals surface area contributed by atoms with E-state index >= 15 is 0 Å². The Bertz CT molecular complexity index is 564. The Kier molecular flexibility index (Phi) is 3.45. The highest BCUT2D eigenvalue weighted by atomic mass is 32.1. The molecule has 0 radical (unpaired) electrons. The highest BCUT2D eigenvalue weighted by molar-refractivity contribution is 7.13. The topological polar surface area (TPSA) is 38.9 Å². The Balaban J connectivity index is 2.38. The summed E-state index contributed by atoms with van der Waals surface area (Å²) in [6.07, 6.45) is 0. The van der Waals surface area contributed by atoms with E-state index in [2.05, 4.69) is 4.98 Å². The van der Waals surface area contributed by atoms with Crippen molar-refractivity contribution in [2.75, 3.05) is 6.54 Å². The van der Waals surface area contributed by atoms with Crippen LogP contribution in [0.3, 0.4) is 0 Å². The Labute approximate surface area is 108 Å². The lowest BCUT2D eigenvalue weighted by atomic mass is 9.90. The smallest absolute Gasteiger partial charge is 0.159 e. The fourth-order valence-electron chi connectivity index (χ4n) is 1.45. The molecule has 0 saturated heterocycles. The van der Waals surface area contributed by atoms with Gasteiger partial charge in [-0.15, -0.1) is 11.3 Å². The van der Waals surface area contributed by atoms with Gasteiger partial charge >= 0.3 is 0 Å². The summed E-state index contributed by atoms with van der Waals surface area (Å²) in [5, 5.41) is 2.58. The number of thiazole rings is 1. The van der Waals surface area contributed by atoms with Gasteiger partial charge < -0.3 is 5.73 Å². The fourth-order valence-corrected chi connectivity index (χ4v) is 2.46. The van der Waals surface area contributed by atoms with Crippen LogP contribution < -0.4 is 5.73 Å². The van der Waals surface area contributed by atoms with Crippen LogP contribution in [-0.2, 0) is 5.41 Å². The molecule has 1 aromatic heterocycles. The second kappa shape index (κ2) is 4.74. The van der Waals surface area contributed by atoms with E-state index in [0.717, 1.165) is 17.8 Å². The van der Waals surface area contributed by atoms with Gasteiger partial charge in [0.2, 0.25) is 0 Å². The molecule has 0 unspecified atom stereocenters. The van der Waals surface area contributed by atoms with Crippen LogP contribution >= 0.6 is 11.3 Å². The molecule has 0 aliphatic rings. The summed E-state index contributed by atoms with van der Waals surface area (Å²) in [6.45, 7) is 4.47. The first-order chi connectivity index (χ1) is 8.44. The molecule has 0 atom stereocenters. The number of aromatic nitrogens is 1. The van der Waals surface area contributed by atoms with Crippen molar-refractivity contribution in [3.63, 3.8) is 0 Å². The largest absolute Gasteiger partial charge is 0.330 e. The van der Waals surface area contributed by atoms with Crippen LogP contribution in [0.25, 0.3) is 10.6 Å². The molecule has 2 aromatic rings. The van der Waals surface area contributed by atoms with Gasteiger partial charge in [-0.2, -0.15) is 0 Å². The Hall–Kier alpha value is -1.33. The molecular formula is C13H14F2N2S. The molecule has 1 aromatic carbocycles. The van der Waals surface area contributed by atoms with E-state index < -0.39 is 11.6 Å². The summed E-state index contributed by atoms with van der Waals surface area (Å²) in [5.41, 5.74) is 6.92. The quantitative estimate of drug-likeness (QED) is 0.927. The van der Waals surface area contributed by atoms with Crippen molar-refractivity contribution in [3.05, 3.63) is 40.9 Å². The minimum atomic E-state index is -0.859. The first-order valence-corrected chi connectivity index (χ1v) is 6.43. The van der Waals surface area contributed by atoms with Crippen LogP contribution in [0.1, 0.15) is 19.5 Å². The van der Waals surface area contributed by atoms with Gasteiger partial charge in [0.05, 0.1) is 5.69 Å². The standard InChI is InChI=1S/C13H14F2N2S/c1-13(2,7-16)11-6-18-12(17-11)8-3-4-9(14)10(15)5-8/h3-6H,7,16H2,1-2H3. The minimum absolute atomic E-state index is 0.215. The van der Waals surface area contributed by atoms with Gasteiger partial charge in [-0.05, 0) is 18.2 Å². The maximum atomic E-state index is 13.2. The molecule has 96 valence electrons.